The maximum atomic E-state index is 5.27. The molecule has 0 bridgehead atoms. The lowest BCUT2D eigenvalue weighted by Gasteiger charge is -2.33. The first-order valence-electron chi connectivity index (χ1n) is 5.57. The summed E-state index contributed by atoms with van der Waals surface area (Å²) >= 11 is 3.61. The SMILES string of the molecule is Cc1ccc(N2CCCC(ON)C2)c(Br)c1. The minimum Gasteiger partial charge on any atom is -0.368 e. The molecule has 88 valence electrons. The highest BCUT2D eigenvalue weighted by Gasteiger charge is 2.21. The Morgan fingerprint density at radius 3 is 3.00 bits per heavy atom. The van der Waals surface area contributed by atoms with E-state index in [1.807, 2.05) is 0 Å². The Bertz CT molecular complexity index is 370. The smallest absolute Gasteiger partial charge is 0.0962 e. The molecule has 0 amide bonds. The monoisotopic (exact) mass is 284 g/mol. The van der Waals surface area contributed by atoms with Crippen LogP contribution in [0.2, 0.25) is 0 Å². The van der Waals surface area contributed by atoms with Gasteiger partial charge in [-0.15, -0.1) is 0 Å². The zero-order valence-electron chi connectivity index (χ0n) is 9.45. The molecule has 0 aromatic heterocycles. The lowest BCUT2D eigenvalue weighted by atomic mass is 10.1. The second-order valence-corrected chi connectivity index (χ2v) is 5.16. The van der Waals surface area contributed by atoms with Crippen LogP contribution in [-0.4, -0.2) is 19.2 Å². The molecule has 1 aliphatic rings. The van der Waals surface area contributed by atoms with Gasteiger partial charge in [0, 0.05) is 17.6 Å². The van der Waals surface area contributed by atoms with E-state index in [0.717, 1.165) is 30.4 Å². The molecule has 2 rings (SSSR count). The number of nitrogens with two attached hydrogens (primary N) is 1. The van der Waals surface area contributed by atoms with E-state index >= 15 is 0 Å². The topological polar surface area (TPSA) is 38.5 Å². The molecule has 1 aromatic rings. The zero-order chi connectivity index (χ0) is 11.5. The molecule has 0 aliphatic carbocycles. The number of hydrogen-bond acceptors (Lipinski definition) is 3. The summed E-state index contributed by atoms with van der Waals surface area (Å²) < 4.78 is 1.14. The van der Waals surface area contributed by atoms with Crippen molar-refractivity contribution in [3.05, 3.63) is 28.2 Å². The molecule has 1 atom stereocenters. The fourth-order valence-electron chi connectivity index (χ4n) is 2.14. The largest absolute Gasteiger partial charge is 0.368 e. The second-order valence-electron chi connectivity index (χ2n) is 4.30. The molecule has 3 nitrogen and oxygen atoms in total. The minimum absolute atomic E-state index is 0.155. The highest BCUT2D eigenvalue weighted by atomic mass is 79.9. The third-order valence-electron chi connectivity index (χ3n) is 3.01. The molecule has 2 N–H and O–H groups in total. The molecule has 1 unspecified atom stereocenters. The molecule has 1 aromatic carbocycles. The van der Waals surface area contributed by atoms with Crippen molar-refractivity contribution in [1.82, 2.24) is 0 Å². The molecular formula is C12H17BrN2O. The molecule has 1 fully saturated rings. The third-order valence-corrected chi connectivity index (χ3v) is 3.65. The Hall–Kier alpha value is -0.580. The van der Waals surface area contributed by atoms with Crippen molar-refractivity contribution in [1.29, 1.82) is 0 Å². The van der Waals surface area contributed by atoms with Gasteiger partial charge in [0.05, 0.1) is 11.8 Å². The van der Waals surface area contributed by atoms with E-state index < -0.39 is 0 Å². The predicted molar refractivity (Wildman–Crippen MR) is 69.4 cm³/mol. The van der Waals surface area contributed by atoms with Crippen molar-refractivity contribution in [3.8, 4) is 0 Å². The zero-order valence-corrected chi connectivity index (χ0v) is 11.0. The lowest BCUT2D eigenvalue weighted by molar-refractivity contribution is 0.0434. The molecule has 4 heteroatoms. The number of benzene rings is 1. The number of halogens is 1. The van der Waals surface area contributed by atoms with Crippen LogP contribution in [0, 0.1) is 6.92 Å². The highest BCUT2D eigenvalue weighted by Crippen LogP contribution is 2.29. The van der Waals surface area contributed by atoms with Gasteiger partial charge in [-0.1, -0.05) is 6.07 Å². The van der Waals surface area contributed by atoms with E-state index in [4.69, 9.17) is 10.7 Å². The molecule has 1 aliphatic heterocycles. The van der Waals surface area contributed by atoms with Gasteiger partial charge in [-0.3, -0.25) is 4.84 Å². The van der Waals surface area contributed by atoms with E-state index in [1.54, 1.807) is 0 Å². The maximum Gasteiger partial charge on any atom is 0.0962 e. The van der Waals surface area contributed by atoms with E-state index in [1.165, 1.54) is 11.3 Å². The lowest BCUT2D eigenvalue weighted by Crippen LogP contribution is -2.41. The molecule has 0 radical (unpaired) electrons. The van der Waals surface area contributed by atoms with Crippen LogP contribution in [0.15, 0.2) is 22.7 Å². The molecule has 16 heavy (non-hydrogen) atoms. The van der Waals surface area contributed by atoms with Crippen LogP contribution in [-0.2, 0) is 4.84 Å². The van der Waals surface area contributed by atoms with Crippen LogP contribution in [0.5, 0.6) is 0 Å². The van der Waals surface area contributed by atoms with Crippen molar-refractivity contribution in [2.24, 2.45) is 5.90 Å². The van der Waals surface area contributed by atoms with Gasteiger partial charge in [-0.25, -0.2) is 5.90 Å². The van der Waals surface area contributed by atoms with Gasteiger partial charge in [0.1, 0.15) is 0 Å². The molecular weight excluding hydrogens is 268 g/mol. The summed E-state index contributed by atoms with van der Waals surface area (Å²) in [4.78, 5) is 7.27. The van der Waals surface area contributed by atoms with Gasteiger partial charge in [-0.05, 0) is 53.4 Å². The summed E-state index contributed by atoms with van der Waals surface area (Å²) in [6.45, 7) is 4.04. The van der Waals surface area contributed by atoms with Crippen molar-refractivity contribution in [2.75, 3.05) is 18.0 Å². The summed E-state index contributed by atoms with van der Waals surface area (Å²) in [5, 5.41) is 0. The normalized spacial score (nSPS) is 21.2. The fourth-order valence-corrected chi connectivity index (χ4v) is 2.88. The number of nitrogens with zero attached hydrogens (tertiary/aromatic N) is 1. The average Bonchev–Trinajstić information content (AvgIpc) is 2.29. The van der Waals surface area contributed by atoms with Gasteiger partial charge < -0.3 is 4.90 Å². The predicted octanol–water partition coefficient (Wildman–Crippen LogP) is 2.62. The summed E-state index contributed by atoms with van der Waals surface area (Å²) in [7, 11) is 0. The number of hydrogen-bond donors (Lipinski definition) is 1. The quantitative estimate of drug-likeness (QED) is 0.849. The van der Waals surface area contributed by atoms with Crippen LogP contribution in [0.25, 0.3) is 0 Å². The Kier molecular flexibility index (Phi) is 3.84. The fraction of sp³-hybridized carbons (Fsp3) is 0.500. The van der Waals surface area contributed by atoms with Crippen LogP contribution < -0.4 is 10.8 Å². The Morgan fingerprint density at radius 1 is 1.50 bits per heavy atom. The molecule has 0 saturated carbocycles. The highest BCUT2D eigenvalue weighted by molar-refractivity contribution is 9.10. The van der Waals surface area contributed by atoms with Crippen molar-refractivity contribution in [2.45, 2.75) is 25.9 Å². The first-order valence-corrected chi connectivity index (χ1v) is 6.36. The van der Waals surface area contributed by atoms with Crippen LogP contribution in [0.1, 0.15) is 18.4 Å². The Morgan fingerprint density at radius 2 is 2.31 bits per heavy atom. The van der Waals surface area contributed by atoms with E-state index in [0.29, 0.717) is 0 Å². The molecule has 1 heterocycles. The van der Waals surface area contributed by atoms with Crippen molar-refractivity contribution >= 4 is 21.6 Å². The number of rotatable bonds is 2. The average molecular weight is 285 g/mol. The van der Waals surface area contributed by atoms with E-state index in [9.17, 15) is 0 Å². The van der Waals surface area contributed by atoms with Gasteiger partial charge in [0.2, 0.25) is 0 Å². The van der Waals surface area contributed by atoms with Gasteiger partial charge in [-0.2, -0.15) is 0 Å². The number of aryl methyl sites for hydroxylation is 1. The summed E-state index contributed by atoms with van der Waals surface area (Å²) in [5.41, 5.74) is 2.49. The Labute approximate surface area is 105 Å². The van der Waals surface area contributed by atoms with Crippen molar-refractivity contribution < 1.29 is 4.84 Å². The van der Waals surface area contributed by atoms with Crippen molar-refractivity contribution in [3.63, 3.8) is 0 Å². The summed E-state index contributed by atoms with van der Waals surface area (Å²) in [6.07, 6.45) is 2.33. The standard InChI is InChI=1S/C12H17BrN2O/c1-9-4-5-12(11(13)7-9)15-6-2-3-10(8-15)16-14/h4-5,7,10H,2-3,6,8,14H2,1H3. The molecule has 1 saturated heterocycles. The van der Waals surface area contributed by atoms with Crippen LogP contribution in [0.4, 0.5) is 5.69 Å². The molecule has 0 spiro atoms. The second kappa shape index (κ2) is 5.17. The minimum atomic E-state index is 0.155. The van der Waals surface area contributed by atoms with Crippen LogP contribution in [0.3, 0.4) is 0 Å². The van der Waals surface area contributed by atoms with E-state index in [2.05, 4.69) is 46.0 Å². The van der Waals surface area contributed by atoms with Gasteiger partial charge >= 0.3 is 0 Å². The summed E-state index contributed by atoms with van der Waals surface area (Å²) in [5.74, 6) is 5.27. The first kappa shape index (κ1) is 11.9. The summed E-state index contributed by atoms with van der Waals surface area (Å²) in [6, 6.07) is 6.42. The Balaban J connectivity index is 2.16. The first-order chi connectivity index (χ1) is 7.70. The van der Waals surface area contributed by atoms with Crippen LogP contribution >= 0.6 is 15.9 Å². The van der Waals surface area contributed by atoms with Gasteiger partial charge in [0.15, 0.2) is 0 Å². The van der Waals surface area contributed by atoms with E-state index in [-0.39, 0.29) is 6.10 Å². The number of piperidine rings is 1. The van der Waals surface area contributed by atoms with Gasteiger partial charge in [0.25, 0.3) is 0 Å². The third kappa shape index (κ3) is 2.56. The number of anilines is 1. The maximum absolute atomic E-state index is 5.27.